The van der Waals surface area contributed by atoms with Gasteiger partial charge in [-0.15, -0.1) is 0 Å². The molecule has 0 spiro atoms. The molecule has 0 aliphatic rings. The van der Waals surface area contributed by atoms with Crippen LogP contribution in [0.15, 0.2) is 42.5 Å². The van der Waals surface area contributed by atoms with Crippen molar-refractivity contribution in [2.24, 2.45) is 5.73 Å². The SMILES string of the molecule is Cc1ccc(Oc2ccc(F)cc2[C@@H](C)N)cc1. The molecule has 3 heteroatoms. The van der Waals surface area contributed by atoms with Gasteiger partial charge in [-0.2, -0.15) is 0 Å². The minimum Gasteiger partial charge on any atom is -0.457 e. The number of halogens is 1. The van der Waals surface area contributed by atoms with Crippen LogP contribution in [0.25, 0.3) is 0 Å². The molecule has 0 fully saturated rings. The standard InChI is InChI=1S/C15H16FNO/c1-10-3-6-13(7-4-10)18-15-8-5-12(16)9-14(15)11(2)17/h3-9,11H,17H2,1-2H3/t11-/m1/s1. The molecule has 2 aromatic rings. The number of ether oxygens (including phenoxy) is 1. The van der Waals surface area contributed by atoms with Crippen LogP contribution >= 0.6 is 0 Å². The number of hydrogen-bond donors (Lipinski definition) is 1. The van der Waals surface area contributed by atoms with Gasteiger partial charge >= 0.3 is 0 Å². The van der Waals surface area contributed by atoms with Crippen LogP contribution in [-0.2, 0) is 0 Å². The van der Waals surface area contributed by atoms with Gasteiger partial charge in [0.25, 0.3) is 0 Å². The molecule has 94 valence electrons. The van der Waals surface area contributed by atoms with Crippen LogP contribution in [0.3, 0.4) is 0 Å². The van der Waals surface area contributed by atoms with Crippen molar-refractivity contribution in [3.05, 3.63) is 59.4 Å². The Bertz CT molecular complexity index is 535. The minimum atomic E-state index is -0.307. The molecule has 2 N–H and O–H groups in total. The van der Waals surface area contributed by atoms with Gasteiger partial charge in [-0.1, -0.05) is 17.7 Å². The van der Waals surface area contributed by atoms with Crippen LogP contribution in [0.2, 0.25) is 0 Å². The first-order valence-corrected chi connectivity index (χ1v) is 5.86. The Kier molecular flexibility index (Phi) is 3.63. The Morgan fingerprint density at radius 3 is 2.39 bits per heavy atom. The van der Waals surface area contributed by atoms with Gasteiger partial charge in [0.05, 0.1) is 0 Å². The van der Waals surface area contributed by atoms with E-state index in [2.05, 4.69) is 0 Å². The van der Waals surface area contributed by atoms with Crippen LogP contribution in [0.4, 0.5) is 4.39 Å². The van der Waals surface area contributed by atoms with Gasteiger partial charge in [0, 0.05) is 11.6 Å². The lowest BCUT2D eigenvalue weighted by molar-refractivity contribution is 0.469. The highest BCUT2D eigenvalue weighted by molar-refractivity contribution is 5.40. The van der Waals surface area contributed by atoms with E-state index in [-0.39, 0.29) is 11.9 Å². The van der Waals surface area contributed by atoms with E-state index in [9.17, 15) is 4.39 Å². The second-order valence-electron chi connectivity index (χ2n) is 4.39. The predicted molar refractivity (Wildman–Crippen MR) is 70.3 cm³/mol. The van der Waals surface area contributed by atoms with E-state index in [4.69, 9.17) is 10.5 Å². The van der Waals surface area contributed by atoms with Gasteiger partial charge < -0.3 is 10.5 Å². The molecule has 2 rings (SSSR count). The Morgan fingerprint density at radius 2 is 1.78 bits per heavy atom. The van der Waals surface area contributed by atoms with Crippen molar-refractivity contribution < 1.29 is 9.13 Å². The van der Waals surface area contributed by atoms with Crippen LogP contribution in [0, 0.1) is 12.7 Å². The number of rotatable bonds is 3. The zero-order valence-electron chi connectivity index (χ0n) is 10.5. The molecule has 0 aromatic heterocycles. The smallest absolute Gasteiger partial charge is 0.132 e. The van der Waals surface area contributed by atoms with Gasteiger partial charge in [0.15, 0.2) is 0 Å². The molecular weight excluding hydrogens is 229 g/mol. The molecule has 0 saturated heterocycles. The highest BCUT2D eigenvalue weighted by atomic mass is 19.1. The minimum absolute atomic E-state index is 0.277. The number of nitrogens with two attached hydrogens (primary N) is 1. The number of aryl methyl sites for hydroxylation is 1. The quantitative estimate of drug-likeness (QED) is 0.888. The fourth-order valence-corrected chi connectivity index (χ4v) is 1.70. The van der Waals surface area contributed by atoms with Crippen LogP contribution in [-0.4, -0.2) is 0 Å². The summed E-state index contributed by atoms with van der Waals surface area (Å²) in [7, 11) is 0. The van der Waals surface area contributed by atoms with Crippen molar-refractivity contribution in [1.82, 2.24) is 0 Å². The Balaban J connectivity index is 2.31. The summed E-state index contributed by atoms with van der Waals surface area (Å²) in [5, 5.41) is 0. The Morgan fingerprint density at radius 1 is 1.11 bits per heavy atom. The Hall–Kier alpha value is -1.87. The maximum Gasteiger partial charge on any atom is 0.132 e. The van der Waals surface area contributed by atoms with E-state index < -0.39 is 0 Å². The topological polar surface area (TPSA) is 35.2 Å². The lowest BCUT2D eigenvalue weighted by atomic mass is 10.1. The van der Waals surface area contributed by atoms with Crippen LogP contribution in [0.5, 0.6) is 11.5 Å². The van der Waals surface area contributed by atoms with E-state index in [1.807, 2.05) is 31.2 Å². The summed E-state index contributed by atoms with van der Waals surface area (Å²) < 4.78 is 18.9. The summed E-state index contributed by atoms with van der Waals surface area (Å²) >= 11 is 0. The summed E-state index contributed by atoms with van der Waals surface area (Å²) in [4.78, 5) is 0. The summed E-state index contributed by atoms with van der Waals surface area (Å²) in [5.41, 5.74) is 7.64. The first-order valence-electron chi connectivity index (χ1n) is 5.86. The fraction of sp³-hybridized carbons (Fsp3) is 0.200. The third kappa shape index (κ3) is 2.87. The fourth-order valence-electron chi connectivity index (χ4n) is 1.70. The van der Waals surface area contributed by atoms with Crippen LogP contribution in [0.1, 0.15) is 24.1 Å². The second-order valence-corrected chi connectivity index (χ2v) is 4.39. The van der Waals surface area contributed by atoms with Crippen molar-refractivity contribution in [1.29, 1.82) is 0 Å². The molecule has 0 bridgehead atoms. The summed E-state index contributed by atoms with van der Waals surface area (Å²) in [6, 6.07) is 11.8. The largest absolute Gasteiger partial charge is 0.457 e. The van der Waals surface area contributed by atoms with Gasteiger partial charge in [0.2, 0.25) is 0 Å². The van der Waals surface area contributed by atoms with Gasteiger partial charge in [-0.3, -0.25) is 0 Å². The van der Waals surface area contributed by atoms with E-state index in [1.165, 1.54) is 12.1 Å². The predicted octanol–water partition coefficient (Wildman–Crippen LogP) is 3.95. The monoisotopic (exact) mass is 245 g/mol. The maximum absolute atomic E-state index is 13.2. The molecule has 0 aliphatic carbocycles. The molecule has 0 heterocycles. The molecule has 0 amide bonds. The third-order valence-corrected chi connectivity index (χ3v) is 2.71. The van der Waals surface area contributed by atoms with Gasteiger partial charge in [0.1, 0.15) is 17.3 Å². The summed E-state index contributed by atoms with van der Waals surface area (Å²) in [6.45, 7) is 3.81. The average Bonchev–Trinajstić information content (AvgIpc) is 2.34. The molecule has 18 heavy (non-hydrogen) atoms. The second kappa shape index (κ2) is 5.19. The third-order valence-electron chi connectivity index (χ3n) is 2.71. The molecule has 0 unspecified atom stereocenters. The first-order chi connectivity index (χ1) is 8.56. The molecular formula is C15H16FNO. The number of hydrogen-bond acceptors (Lipinski definition) is 2. The summed E-state index contributed by atoms with van der Waals surface area (Å²) in [6.07, 6.45) is 0. The van der Waals surface area contributed by atoms with Crippen LogP contribution < -0.4 is 10.5 Å². The lowest BCUT2D eigenvalue weighted by Crippen LogP contribution is -2.07. The average molecular weight is 245 g/mol. The lowest BCUT2D eigenvalue weighted by Gasteiger charge is -2.14. The molecule has 2 nitrogen and oxygen atoms in total. The van der Waals surface area contributed by atoms with Crippen molar-refractivity contribution in [3.8, 4) is 11.5 Å². The zero-order valence-corrected chi connectivity index (χ0v) is 10.5. The molecule has 2 aromatic carbocycles. The zero-order chi connectivity index (χ0) is 13.1. The first kappa shape index (κ1) is 12.6. The van der Waals surface area contributed by atoms with Crippen molar-refractivity contribution >= 4 is 0 Å². The maximum atomic E-state index is 13.2. The Labute approximate surface area is 106 Å². The highest BCUT2D eigenvalue weighted by Crippen LogP contribution is 2.29. The molecule has 0 aliphatic heterocycles. The van der Waals surface area contributed by atoms with E-state index >= 15 is 0 Å². The van der Waals surface area contributed by atoms with E-state index in [0.717, 1.165) is 5.56 Å². The van der Waals surface area contributed by atoms with Crippen molar-refractivity contribution in [3.63, 3.8) is 0 Å². The van der Waals surface area contributed by atoms with Crippen molar-refractivity contribution in [2.45, 2.75) is 19.9 Å². The normalized spacial score (nSPS) is 12.2. The number of benzene rings is 2. The highest BCUT2D eigenvalue weighted by Gasteiger charge is 2.10. The summed E-state index contributed by atoms with van der Waals surface area (Å²) in [5.74, 6) is 1.00. The van der Waals surface area contributed by atoms with E-state index in [1.54, 1.807) is 13.0 Å². The van der Waals surface area contributed by atoms with Gasteiger partial charge in [-0.25, -0.2) is 4.39 Å². The van der Waals surface area contributed by atoms with E-state index in [0.29, 0.717) is 17.1 Å². The molecule has 0 saturated carbocycles. The van der Waals surface area contributed by atoms with Gasteiger partial charge in [-0.05, 0) is 44.2 Å². The molecule has 0 radical (unpaired) electrons. The molecule has 1 atom stereocenters. The van der Waals surface area contributed by atoms with Crippen molar-refractivity contribution in [2.75, 3.05) is 0 Å².